The fraction of sp³-hybridized carbons (Fsp3) is 0.346. The Bertz CT molecular complexity index is 1170. The number of carbonyl (C=O) groups excluding carboxylic acids is 1. The minimum absolute atomic E-state index is 0.209. The second-order valence-corrected chi connectivity index (χ2v) is 9.34. The molecule has 0 saturated heterocycles. The number of hydrogen-bond acceptors (Lipinski definition) is 6. The standard InChI is InChI=1S/C26H29N5OS/c1-3-30(4-2)20-15-13-19(14-16-20)24-23-21(11-8-12-22(23)32)27-25-28-26(29-31(24)25)33-17-18-9-6-5-7-10-18/h5-7,9-10,13-16,24H,3-4,8,11-12,17H2,1-2H3,(H,27,28,29)/t24-/m0/s1. The molecule has 5 rings (SSSR count). The first-order chi connectivity index (χ1) is 16.2. The van der Waals surface area contributed by atoms with E-state index in [-0.39, 0.29) is 11.8 Å². The Morgan fingerprint density at radius 3 is 2.55 bits per heavy atom. The number of nitrogens with one attached hydrogen (secondary N) is 1. The predicted octanol–water partition coefficient (Wildman–Crippen LogP) is 5.44. The van der Waals surface area contributed by atoms with E-state index in [0.29, 0.717) is 6.42 Å². The maximum atomic E-state index is 13.0. The number of hydrogen-bond donors (Lipinski definition) is 1. The number of ketones is 1. The van der Waals surface area contributed by atoms with Crippen LogP contribution in [0.2, 0.25) is 0 Å². The number of benzene rings is 2. The number of thioether (sulfide) groups is 1. The average Bonchev–Trinajstić information content (AvgIpc) is 3.26. The first-order valence-electron chi connectivity index (χ1n) is 11.7. The van der Waals surface area contributed by atoms with Crippen molar-refractivity contribution in [2.24, 2.45) is 0 Å². The second-order valence-electron chi connectivity index (χ2n) is 8.40. The summed E-state index contributed by atoms with van der Waals surface area (Å²) in [6, 6.07) is 18.7. The molecule has 1 N–H and O–H groups in total. The van der Waals surface area contributed by atoms with Gasteiger partial charge in [-0.05, 0) is 49.9 Å². The first-order valence-corrected chi connectivity index (χ1v) is 12.7. The summed E-state index contributed by atoms with van der Waals surface area (Å²) in [5, 5.41) is 8.99. The van der Waals surface area contributed by atoms with Gasteiger partial charge < -0.3 is 10.2 Å². The fourth-order valence-electron chi connectivity index (χ4n) is 4.68. The van der Waals surface area contributed by atoms with E-state index >= 15 is 0 Å². The molecule has 0 fully saturated rings. The van der Waals surface area contributed by atoms with Crippen molar-refractivity contribution < 1.29 is 4.79 Å². The van der Waals surface area contributed by atoms with Crippen LogP contribution >= 0.6 is 11.8 Å². The van der Waals surface area contributed by atoms with Gasteiger partial charge in [-0.3, -0.25) is 4.79 Å². The van der Waals surface area contributed by atoms with Gasteiger partial charge >= 0.3 is 0 Å². The summed E-state index contributed by atoms with van der Waals surface area (Å²) < 4.78 is 1.90. The normalized spacial score (nSPS) is 17.4. The predicted molar refractivity (Wildman–Crippen MR) is 134 cm³/mol. The van der Waals surface area contributed by atoms with Gasteiger partial charge in [0, 0.05) is 42.2 Å². The highest BCUT2D eigenvalue weighted by molar-refractivity contribution is 7.98. The van der Waals surface area contributed by atoms with Crippen LogP contribution in [-0.4, -0.2) is 33.6 Å². The smallest absolute Gasteiger partial charge is 0.227 e. The second kappa shape index (κ2) is 9.43. The van der Waals surface area contributed by atoms with Gasteiger partial charge in [0.25, 0.3) is 0 Å². The third-order valence-corrected chi connectivity index (χ3v) is 7.31. The molecule has 0 bridgehead atoms. The van der Waals surface area contributed by atoms with Crippen molar-refractivity contribution in [2.45, 2.75) is 50.1 Å². The lowest BCUT2D eigenvalue weighted by molar-refractivity contribution is -0.116. The van der Waals surface area contributed by atoms with Crippen molar-refractivity contribution in [3.63, 3.8) is 0 Å². The van der Waals surface area contributed by atoms with E-state index in [1.165, 1.54) is 11.3 Å². The molecule has 33 heavy (non-hydrogen) atoms. The molecule has 0 spiro atoms. The minimum atomic E-state index is -0.242. The third kappa shape index (κ3) is 4.29. The summed E-state index contributed by atoms with van der Waals surface area (Å²) in [5.74, 6) is 1.73. The van der Waals surface area contributed by atoms with Gasteiger partial charge in [-0.1, -0.05) is 54.2 Å². The lowest BCUT2D eigenvalue weighted by Gasteiger charge is -2.32. The summed E-state index contributed by atoms with van der Waals surface area (Å²) in [5.41, 5.74) is 5.34. The van der Waals surface area contributed by atoms with Gasteiger partial charge in [0.05, 0.1) is 0 Å². The maximum Gasteiger partial charge on any atom is 0.227 e. The molecule has 170 valence electrons. The van der Waals surface area contributed by atoms with Gasteiger partial charge in [0.15, 0.2) is 5.78 Å². The van der Waals surface area contributed by atoms with Gasteiger partial charge in [-0.15, -0.1) is 5.10 Å². The summed E-state index contributed by atoms with van der Waals surface area (Å²) in [7, 11) is 0. The minimum Gasteiger partial charge on any atom is -0.372 e. The van der Waals surface area contributed by atoms with E-state index in [1.807, 2.05) is 22.9 Å². The number of rotatable bonds is 7. The SMILES string of the molecule is CCN(CC)c1ccc([C@H]2C3=C(CCCC3=O)Nc3nc(SCc4ccccc4)nn32)cc1. The molecule has 2 aliphatic rings. The molecule has 2 aromatic carbocycles. The molecule has 1 aliphatic heterocycles. The molecule has 3 aromatic rings. The number of nitrogens with zero attached hydrogens (tertiary/aromatic N) is 4. The quantitative estimate of drug-likeness (QED) is 0.475. The van der Waals surface area contributed by atoms with E-state index in [9.17, 15) is 4.79 Å². The van der Waals surface area contributed by atoms with Crippen molar-refractivity contribution >= 4 is 29.2 Å². The van der Waals surface area contributed by atoms with Crippen LogP contribution in [0.3, 0.4) is 0 Å². The van der Waals surface area contributed by atoms with E-state index in [2.05, 4.69) is 60.5 Å². The highest BCUT2D eigenvalue weighted by Crippen LogP contribution is 2.41. The van der Waals surface area contributed by atoms with E-state index in [0.717, 1.165) is 59.6 Å². The van der Waals surface area contributed by atoms with E-state index < -0.39 is 0 Å². The molecular formula is C26H29N5OS. The highest BCUT2D eigenvalue weighted by atomic mass is 32.2. The number of carbonyl (C=O) groups is 1. The third-order valence-electron chi connectivity index (χ3n) is 6.40. The molecule has 6 nitrogen and oxygen atoms in total. The highest BCUT2D eigenvalue weighted by Gasteiger charge is 2.36. The molecular weight excluding hydrogens is 430 g/mol. The molecule has 1 atom stereocenters. The molecule has 7 heteroatoms. The average molecular weight is 460 g/mol. The Morgan fingerprint density at radius 1 is 1.06 bits per heavy atom. The molecule has 1 aromatic heterocycles. The number of allylic oxidation sites excluding steroid dienone is 2. The summed E-state index contributed by atoms with van der Waals surface area (Å²) in [6.07, 6.45) is 2.34. The maximum absolute atomic E-state index is 13.0. The Labute approximate surface area is 199 Å². The molecule has 0 amide bonds. The van der Waals surface area contributed by atoms with Crippen molar-refractivity contribution in [1.29, 1.82) is 0 Å². The van der Waals surface area contributed by atoms with Gasteiger partial charge in [0.1, 0.15) is 6.04 Å². The summed E-state index contributed by atoms with van der Waals surface area (Å²) in [4.78, 5) is 20.1. The van der Waals surface area contributed by atoms with Crippen LogP contribution in [0.5, 0.6) is 0 Å². The van der Waals surface area contributed by atoms with Gasteiger partial charge in [-0.25, -0.2) is 4.68 Å². The van der Waals surface area contributed by atoms with Crippen molar-refractivity contribution in [1.82, 2.24) is 14.8 Å². The lowest BCUT2D eigenvalue weighted by atomic mass is 9.85. The Balaban J connectivity index is 1.49. The Hall–Kier alpha value is -3.06. The zero-order valence-electron chi connectivity index (χ0n) is 19.1. The number of anilines is 2. The van der Waals surface area contributed by atoms with Crippen LogP contribution in [0.4, 0.5) is 11.6 Å². The van der Waals surface area contributed by atoms with Crippen molar-refractivity contribution in [3.8, 4) is 0 Å². The zero-order chi connectivity index (χ0) is 22.8. The van der Waals surface area contributed by atoms with Crippen LogP contribution in [0, 0.1) is 0 Å². The number of aromatic nitrogens is 3. The summed E-state index contributed by atoms with van der Waals surface area (Å²) in [6.45, 7) is 6.26. The topological polar surface area (TPSA) is 63.1 Å². The monoisotopic (exact) mass is 459 g/mol. The fourth-order valence-corrected chi connectivity index (χ4v) is 5.47. The van der Waals surface area contributed by atoms with Gasteiger partial charge in [0.2, 0.25) is 11.1 Å². The molecule has 0 saturated carbocycles. The van der Waals surface area contributed by atoms with E-state index in [4.69, 9.17) is 10.1 Å². The van der Waals surface area contributed by atoms with Crippen LogP contribution in [0.25, 0.3) is 0 Å². The summed E-state index contributed by atoms with van der Waals surface area (Å²) >= 11 is 1.62. The molecule has 0 unspecified atom stereocenters. The number of Topliss-reactive ketones (excluding diaryl/α,β-unsaturated/α-hetero) is 1. The van der Waals surface area contributed by atoms with Crippen LogP contribution in [-0.2, 0) is 10.5 Å². The van der Waals surface area contributed by atoms with Crippen molar-refractivity contribution in [3.05, 3.63) is 77.0 Å². The van der Waals surface area contributed by atoms with Gasteiger partial charge in [-0.2, -0.15) is 4.98 Å². The van der Waals surface area contributed by atoms with Crippen LogP contribution in [0.1, 0.15) is 50.3 Å². The largest absolute Gasteiger partial charge is 0.372 e. The first kappa shape index (κ1) is 21.8. The number of fused-ring (bicyclic) bond motifs is 1. The van der Waals surface area contributed by atoms with E-state index in [1.54, 1.807) is 11.8 Å². The van der Waals surface area contributed by atoms with Crippen LogP contribution in [0.15, 0.2) is 71.0 Å². The Kier molecular flexibility index (Phi) is 6.22. The van der Waals surface area contributed by atoms with Crippen molar-refractivity contribution in [2.75, 3.05) is 23.3 Å². The zero-order valence-corrected chi connectivity index (χ0v) is 19.9. The van der Waals surface area contributed by atoms with Crippen LogP contribution < -0.4 is 10.2 Å². The lowest BCUT2D eigenvalue weighted by Crippen LogP contribution is -2.31. The molecule has 1 aliphatic carbocycles. The molecule has 2 heterocycles. The molecule has 0 radical (unpaired) electrons. The Morgan fingerprint density at radius 2 is 1.82 bits per heavy atom.